The molecule has 2 saturated carbocycles. The van der Waals surface area contributed by atoms with Gasteiger partial charge < -0.3 is 15.3 Å². The first-order valence-electron chi connectivity index (χ1n) is 12.0. The number of rotatable bonds is 13. The number of unbranched alkanes of at least 4 members (excludes halogenated alkanes) is 3. The summed E-state index contributed by atoms with van der Waals surface area (Å²) in [6.07, 6.45) is 10.3. The minimum atomic E-state index is -0.742. The number of nitrogens with zero attached hydrogens (tertiary/aromatic N) is 1. The van der Waals surface area contributed by atoms with Gasteiger partial charge in [-0.15, -0.1) is 11.3 Å². The van der Waals surface area contributed by atoms with Gasteiger partial charge in [0.15, 0.2) is 0 Å². The molecule has 0 aromatic carbocycles. The second-order valence-corrected chi connectivity index (χ2v) is 10.6. The van der Waals surface area contributed by atoms with Gasteiger partial charge in [0.1, 0.15) is 0 Å². The van der Waals surface area contributed by atoms with Crippen molar-refractivity contribution in [1.29, 1.82) is 5.26 Å². The van der Waals surface area contributed by atoms with Gasteiger partial charge in [0.05, 0.1) is 24.2 Å². The monoisotopic (exact) mass is 447 g/mol. The minimum Gasteiger partial charge on any atom is -0.481 e. The van der Waals surface area contributed by atoms with Crippen LogP contribution in [0.5, 0.6) is 0 Å². The molecular weight excluding hydrogens is 410 g/mol. The number of thiophene rings is 1. The smallest absolute Gasteiger partial charge is 0.303 e. The zero-order valence-corrected chi connectivity index (χ0v) is 19.2. The van der Waals surface area contributed by atoms with Gasteiger partial charge in [0.2, 0.25) is 0 Å². The van der Waals surface area contributed by atoms with Crippen molar-refractivity contribution in [2.75, 3.05) is 0 Å². The molecule has 5 atom stereocenters. The van der Waals surface area contributed by atoms with Crippen molar-refractivity contribution in [2.45, 2.75) is 101 Å². The first-order valence-corrected chi connectivity index (χ1v) is 12.9. The average Bonchev–Trinajstić information content (AvgIpc) is 3.33. The molecule has 0 bridgehead atoms. The summed E-state index contributed by atoms with van der Waals surface area (Å²) in [5.41, 5.74) is -0.0625. The average molecular weight is 448 g/mol. The van der Waals surface area contributed by atoms with Gasteiger partial charge in [0, 0.05) is 16.7 Å². The Morgan fingerprint density at radius 2 is 1.94 bits per heavy atom. The Bertz CT molecular complexity index is 724. The molecule has 5 nitrogen and oxygen atoms in total. The van der Waals surface area contributed by atoms with E-state index in [0.29, 0.717) is 12.8 Å². The Hall–Kier alpha value is -1.42. The molecule has 2 aliphatic carbocycles. The highest BCUT2D eigenvalue weighted by Gasteiger charge is 2.46. The maximum absolute atomic E-state index is 11.0. The van der Waals surface area contributed by atoms with Crippen LogP contribution in [0, 0.1) is 29.1 Å². The summed E-state index contributed by atoms with van der Waals surface area (Å²) in [4.78, 5) is 11.9. The molecule has 0 aliphatic heterocycles. The van der Waals surface area contributed by atoms with Crippen LogP contribution in [0.3, 0.4) is 0 Å². The molecule has 172 valence electrons. The molecule has 31 heavy (non-hydrogen) atoms. The first kappa shape index (κ1) is 24.2. The fourth-order valence-electron chi connectivity index (χ4n) is 5.86. The number of hydrogen-bond acceptors (Lipinski definition) is 5. The maximum Gasteiger partial charge on any atom is 0.303 e. The minimum absolute atomic E-state index is 0.0625. The molecule has 0 saturated heterocycles. The highest BCUT2D eigenvalue weighted by molar-refractivity contribution is 7.10. The number of carboxylic acid groups (broad SMARTS) is 1. The Kier molecular flexibility index (Phi) is 8.95. The lowest BCUT2D eigenvalue weighted by molar-refractivity contribution is -0.137. The molecule has 0 spiro atoms. The summed E-state index contributed by atoms with van der Waals surface area (Å²) in [6.45, 7) is 0. The number of hydrogen-bond donors (Lipinski definition) is 3. The lowest BCUT2D eigenvalue weighted by Crippen LogP contribution is -2.45. The van der Waals surface area contributed by atoms with Crippen LogP contribution >= 0.6 is 11.3 Å². The van der Waals surface area contributed by atoms with Gasteiger partial charge in [-0.1, -0.05) is 38.2 Å². The van der Waals surface area contributed by atoms with Crippen molar-refractivity contribution in [3.05, 3.63) is 22.4 Å². The molecule has 0 amide bonds. The molecular formula is C25H37NO4S. The molecule has 1 unspecified atom stereocenters. The third-order valence-corrected chi connectivity index (χ3v) is 8.90. The SMILES string of the molecule is N#C[C@H]1C[C@@H](O)[C@H](CCCC(O)C2(c3cccs3)CCC2)[C@H]1CCCCCCC(=O)O. The quantitative estimate of drug-likeness (QED) is 0.358. The lowest BCUT2D eigenvalue weighted by atomic mass is 9.63. The van der Waals surface area contributed by atoms with Gasteiger partial charge in [-0.2, -0.15) is 5.26 Å². The van der Waals surface area contributed by atoms with Crippen molar-refractivity contribution < 1.29 is 20.1 Å². The highest BCUT2D eigenvalue weighted by Crippen LogP contribution is 2.50. The van der Waals surface area contributed by atoms with Crippen molar-refractivity contribution in [3.63, 3.8) is 0 Å². The summed E-state index contributed by atoms with van der Waals surface area (Å²) in [7, 11) is 0. The predicted octanol–water partition coefficient (Wildman–Crippen LogP) is 5.26. The van der Waals surface area contributed by atoms with Gasteiger partial charge in [-0.25, -0.2) is 0 Å². The number of carboxylic acids is 1. The second kappa shape index (κ2) is 11.4. The lowest BCUT2D eigenvalue weighted by Gasteiger charge is -2.45. The Morgan fingerprint density at radius 1 is 1.19 bits per heavy atom. The van der Waals surface area contributed by atoms with Crippen molar-refractivity contribution >= 4 is 17.3 Å². The number of carbonyl (C=O) groups is 1. The van der Waals surface area contributed by atoms with Crippen LogP contribution in [0.2, 0.25) is 0 Å². The summed E-state index contributed by atoms with van der Waals surface area (Å²) in [6, 6.07) is 6.63. The third kappa shape index (κ3) is 5.88. The van der Waals surface area contributed by atoms with E-state index in [2.05, 4.69) is 23.6 Å². The van der Waals surface area contributed by atoms with Crippen LogP contribution in [0.15, 0.2) is 17.5 Å². The number of aliphatic hydroxyl groups excluding tert-OH is 2. The highest BCUT2D eigenvalue weighted by atomic mass is 32.1. The fraction of sp³-hybridized carbons (Fsp3) is 0.760. The van der Waals surface area contributed by atoms with E-state index in [1.54, 1.807) is 11.3 Å². The number of nitriles is 1. The van der Waals surface area contributed by atoms with Gasteiger partial charge in [-0.3, -0.25) is 4.79 Å². The van der Waals surface area contributed by atoms with E-state index in [1.165, 1.54) is 11.3 Å². The predicted molar refractivity (Wildman–Crippen MR) is 122 cm³/mol. The first-order chi connectivity index (χ1) is 15.0. The summed E-state index contributed by atoms with van der Waals surface area (Å²) >= 11 is 1.74. The van der Waals surface area contributed by atoms with E-state index in [0.717, 1.165) is 57.8 Å². The molecule has 6 heteroatoms. The van der Waals surface area contributed by atoms with E-state index in [-0.39, 0.29) is 35.7 Å². The van der Waals surface area contributed by atoms with Crippen LogP contribution in [0.4, 0.5) is 0 Å². The molecule has 0 radical (unpaired) electrons. The molecule has 3 rings (SSSR count). The molecule has 3 N–H and O–H groups in total. The summed E-state index contributed by atoms with van der Waals surface area (Å²) in [5.74, 6) is -0.483. The Morgan fingerprint density at radius 3 is 2.55 bits per heavy atom. The zero-order chi connectivity index (χ0) is 22.3. The van der Waals surface area contributed by atoms with E-state index >= 15 is 0 Å². The zero-order valence-electron chi connectivity index (χ0n) is 18.4. The van der Waals surface area contributed by atoms with Crippen LogP contribution in [0.25, 0.3) is 0 Å². The standard InChI is InChI=1S/C25H37NO4S/c26-17-18-16-21(27)20(19(18)8-3-1-2-4-12-24(29)30)9-5-10-22(28)25(13-7-14-25)23-11-6-15-31-23/h6,11,15,18-22,27-28H,1-5,7-10,12-14,16H2,(H,29,30)/t18-,19+,20-,21-,22?/m1/s1. The number of aliphatic carboxylic acids is 1. The molecule has 1 aromatic heterocycles. The maximum atomic E-state index is 11.0. The van der Waals surface area contributed by atoms with E-state index in [1.807, 2.05) is 0 Å². The molecule has 1 aromatic rings. The molecule has 1 heterocycles. The molecule has 2 fully saturated rings. The van der Waals surface area contributed by atoms with Gasteiger partial charge >= 0.3 is 5.97 Å². The van der Waals surface area contributed by atoms with Gasteiger partial charge in [0.25, 0.3) is 0 Å². The Labute approximate surface area is 190 Å². The fourth-order valence-corrected chi connectivity index (χ4v) is 6.90. The second-order valence-electron chi connectivity index (χ2n) is 9.65. The normalized spacial score (nSPS) is 28.0. The molecule has 2 aliphatic rings. The van der Waals surface area contributed by atoms with E-state index in [4.69, 9.17) is 5.11 Å². The Balaban J connectivity index is 1.47. The van der Waals surface area contributed by atoms with Crippen LogP contribution in [-0.2, 0) is 10.2 Å². The summed E-state index contributed by atoms with van der Waals surface area (Å²) in [5, 5.41) is 42.0. The largest absolute Gasteiger partial charge is 0.481 e. The third-order valence-electron chi connectivity index (χ3n) is 7.81. The number of aliphatic hydroxyl groups is 2. The van der Waals surface area contributed by atoms with Crippen LogP contribution in [-0.4, -0.2) is 33.5 Å². The van der Waals surface area contributed by atoms with E-state index in [9.17, 15) is 20.3 Å². The van der Waals surface area contributed by atoms with Crippen LogP contribution < -0.4 is 0 Å². The topological polar surface area (TPSA) is 102 Å². The van der Waals surface area contributed by atoms with Crippen molar-refractivity contribution in [3.8, 4) is 6.07 Å². The van der Waals surface area contributed by atoms with Gasteiger partial charge in [-0.05, 0) is 68.2 Å². The summed E-state index contributed by atoms with van der Waals surface area (Å²) < 4.78 is 0. The van der Waals surface area contributed by atoms with Crippen molar-refractivity contribution in [2.24, 2.45) is 17.8 Å². The van der Waals surface area contributed by atoms with Crippen LogP contribution in [0.1, 0.15) is 88.3 Å². The van der Waals surface area contributed by atoms with Crippen molar-refractivity contribution in [1.82, 2.24) is 0 Å². The van der Waals surface area contributed by atoms with E-state index < -0.39 is 12.1 Å².